The first-order valence-electron chi connectivity index (χ1n) is 6.98. The smallest absolute Gasteiger partial charge is 0.240 e. The molecular formula is C14H20N2O3S. The van der Waals surface area contributed by atoms with Gasteiger partial charge in [0.2, 0.25) is 10.0 Å². The number of rotatable bonds is 3. The van der Waals surface area contributed by atoms with Crippen molar-refractivity contribution in [2.75, 3.05) is 25.0 Å². The highest BCUT2D eigenvalue weighted by Gasteiger charge is 2.41. The van der Waals surface area contributed by atoms with Gasteiger partial charge in [-0.25, -0.2) is 13.1 Å². The summed E-state index contributed by atoms with van der Waals surface area (Å²) in [4.78, 5) is 2.52. The summed E-state index contributed by atoms with van der Waals surface area (Å²) in [7, 11) is -1.96. The van der Waals surface area contributed by atoms with Gasteiger partial charge in [-0.05, 0) is 50.1 Å². The predicted molar refractivity (Wildman–Crippen MR) is 77.1 cm³/mol. The summed E-state index contributed by atoms with van der Waals surface area (Å²) in [6, 6.07) is 6.95. The van der Waals surface area contributed by atoms with Gasteiger partial charge in [0.15, 0.2) is 0 Å². The average Bonchev–Trinajstić information content (AvgIpc) is 3.02. The van der Waals surface area contributed by atoms with Crippen LogP contribution in [0.2, 0.25) is 0 Å². The maximum atomic E-state index is 11.7. The predicted octanol–water partition coefficient (Wildman–Crippen LogP) is 0.802. The Balaban J connectivity index is 1.77. The van der Waals surface area contributed by atoms with E-state index in [0.717, 1.165) is 31.6 Å². The molecule has 1 saturated heterocycles. The van der Waals surface area contributed by atoms with E-state index >= 15 is 0 Å². The molecule has 2 aliphatic rings. The first-order valence-corrected chi connectivity index (χ1v) is 8.46. The molecule has 3 unspecified atom stereocenters. The standard InChI is InChI=1S/C14H20N2O3S/c1-15-20(18,19)12-5-3-11(4-6-12)16-8-10-2-7-14(17)13(10)9-16/h3-6,10,13-15,17H,2,7-9H2,1H3. The van der Waals surface area contributed by atoms with E-state index in [0.29, 0.717) is 11.8 Å². The SMILES string of the molecule is CNS(=O)(=O)c1ccc(N2CC3CCC(O)C3C2)cc1. The topological polar surface area (TPSA) is 69.6 Å². The number of benzene rings is 1. The van der Waals surface area contributed by atoms with E-state index in [4.69, 9.17) is 0 Å². The molecule has 1 aliphatic carbocycles. The Morgan fingerprint density at radius 2 is 1.90 bits per heavy atom. The molecule has 0 spiro atoms. The minimum absolute atomic E-state index is 0.172. The summed E-state index contributed by atoms with van der Waals surface area (Å²) in [5.41, 5.74) is 1.03. The van der Waals surface area contributed by atoms with Gasteiger partial charge in [-0.1, -0.05) is 0 Å². The molecule has 20 heavy (non-hydrogen) atoms. The van der Waals surface area contributed by atoms with Crippen molar-refractivity contribution in [2.24, 2.45) is 11.8 Å². The summed E-state index contributed by atoms with van der Waals surface area (Å²) in [6.45, 7) is 1.82. The lowest BCUT2D eigenvalue weighted by molar-refractivity contribution is 0.133. The Labute approximate surface area is 119 Å². The van der Waals surface area contributed by atoms with E-state index in [9.17, 15) is 13.5 Å². The summed E-state index contributed by atoms with van der Waals surface area (Å²) >= 11 is 0. The maximum absolute atomic E-state index is 11.7. The van der Waals surface area contributed by atoms with Crippen LogP contribution in [0.1, 0.15) is 12.8 Å². The monoisotopic (exact) mass is 296 g/mol. The lowest BCUT2D eigenvalue weighted by Gasteiger charge is -2.20. The Hall–Kier alpha value is -1.11. The van der Waals surface area contributed by atoms with Gasteiger partial charge >= 0.3 is 0 Å². The number of aliphatic hydroxyl groups is 1. The van der Waals surface area contributed by atoms with Crippen LogP contribution in [0.15, 0.2) is 29.2 Å². The number of fused-ring (bicyclic) bond motifs is 1. The van der Waals surface area contributed by atoms with Gasteiger partial charge in [0.25, 0.3) is 0 Å². The summed E-state index contributed by atoms with van der Waals surface area (Å²) in [6.07, 6.45) is 1.84. The van der Waals surface area contributed by atoms with Crippen molar-refractivity contribution in [3.05, 3.63) is 24.3 Å². The lowest BCUT2D eigenvalue weighted by Crippen LogP contribution is -2.24. The van der Waals surface area contributed by atoms with Crippen LogP contribution in [-0.4, -0.2) is 39.8 Å². The van der Waals surface area contributed by atoms with Gasteiger partial charge in [-0.2, -0.15) is 0 Å². The molecule has 2 fully saturated rings. The zero-order valence-corrected chi connectivity index (χ0v) is 12.3. The Morgan fingerprint density at radius 1 is 1.20 bits per heavy atom. The fraction of sp³-hybridized carbons (Fsp3) is 0.571. The number of hydrogen-bond donors (Lipinski definition) is 2. The second-order valence-corrected chi connectivity index (χ2v) is 7.56. The second kappa shape index (κ2) is 5.02. The van der Waals surface area contributed by atoms with E-state index in [1.807, 2.05) is 12.1 Å². The average molecular weight is 296 g/mol. The van der Waals surface area contributed by atoms with Crippen molar-refractivity contribution in [1.82, 2.24) is 4.72 Å². The second-order valence-electron chi connectivity index (χ2n) is 5.68. The third-order valence-electron chi connectivity index (χ3n) is 4.60. The molecule has 0 aromatic heterocycles. The number of hydrogen-bond acceptors (Lipinski definition) is 4. The molecule has 6 heteroatoms. The van der Waals surface area contributed by atoms with E-state index in [2.05, 4.69) is 9.62 Å². The molecule has 0 amide bonds. The molecular weight excluding hydrogens is 276 g/mol. The third-order valence-corrected chi connectivity index (χ3v) is 6.03. The zero-order valence-electron chi connectivity index (χ0n) is 11.5. The van der Waals surface area contributed by atoms with Crippen molar-refractivity contribution in [1.29, 1.82) is 0 Å². The van der Waals surface area contributed by atoms with Crippen LogP contribution in [-0.2, 0) is 10.0 Å². The number of nitrogens with zero attached hydrogens (tertiary/aromatic N) is 1. The Bertz CT molecular complexity index is 585. The molecule has 1 heterocycles. The van der Waals surface area contributed by atoms with E-state index in [1.165, 1.54) is 7.05 Å². The minimum atomic E-state index is -3.37. The summed E-state index contributed by atoms with van der Waals surface area (Å²) in [5, 5.41) is 9.93. The normalized spacial score (nSPS) is 29.7. The highest BCUT2D eigenvalue weighted by atomic mass is 32.2. The molecule has 0 radical (unpaired) electrons. The van der Waals surface area contributed by atoms with Gasteiger partial charge in [-0.3, -0.25) is 0 Å². The highest BCUT2D eigenvalue weighted by molar-refractivity contribution is 7.89. The van der Waals surface area contributed by atoms with E-state index in [1.54, 1.807) is 12.1 Å². The first kappa shape index (κ1) is 13.9. The van der Waals surface area contributed by atoms with Crippen LogP contribution in [0.5, 0.6) is 0 Å². The molecule has 1 saturated carbocycles. The number of nitrogens with one attached hydrogen (secondary N) is 1. The summed E-state index contributed by atoms with van der Waals surface area (Å²) < 4.78 is 25.7. The highest BCUT2D eigenvalue weighted by Crippen LogP contribution is 2.39. The maximum Gasteiger partial charge on any atom is 0.240 e. The fourth-order valence-corrected chi connectivity index (χ4v) is 4.13. The zero-order chi connectivity index (χ0) is 14.3. The van der Waals surface area contributed by atoms with E-state index in [-0.39, 0.29) is 11.0 Å². The van der Waals surface area contributed by atoms with Gasteiger partial charge in [0, 0.05) is 24.7 Å². The van der Waals surface area contributed by atoms with E-state index < -0.39 is 10.0 Å². The van der Waals surface area contributed by atoms with Crippen molar-refractivity contribution in [2.45, 2.75) is 23.8 Å². The lowest BCUT2D eigenvalue weighted by atomic mass is 10.00. The van der Waals surface area contributed by atoms with Crippen LogP contribution in [0.4, 0.5) is 5.69 Å². The van der Waals surface area contributed by atoms with Crippen LogP contribution < -0.4 is 9.62 Å². The third kappa shape index (κ3) is 2.32. The molecule has 1 aromatic carbocycles. The molecule has 3 atom stereocenters. The van der Waals surface area contributed by atoms with Crippen molar-refractivity contribution in [3.8, 4) is 0 Å². The Kier molecular flexibility index (Phi) is 3.48. The molecule has 1 aromatic rings. The molecule has 2 N–H and O–H groups in total. The van der Waals surface area contributed by atoms with Gasteiger partial charge in [-0.15, -0.1) is 0 Å². The molecule has 3 rings (SSSR count). The van der Waals surface area contributed by atoms with Crippen molar-refractivity contribution < 1.29 is 13.5 Å². The van der Waals surface area contributed by atoms with Crippen molar-refractivity contribution in [3.63, 3.8) is 0 Å². The first-order chi connectivity index (χ1) is 9.51. The Morgan fingerprint density at radius 3 is 2.50 bits per heavy atom. The molecule has 110 valence electrons. The van der Waals surface area contributed by atoms with Crippen LogP contribution in [0.25, 0.3) is 0 Å². The van der Waals surface area contributed by atoms with Gasteiger partial charge in [0.05, 0.1) is 11.0 Å². The van der Waals surface area contributed by atoms with Crippen LogP contribution in [0, 0.1) is 11.8 Å². The fourth-order valence-electron chi connectivity index (χ4n) is 3.40. The van der Waals surface area contributed by atoms with Gasteiger partial charge < -0.3 is 10.0 Å². The number of sulfonamides is 1. The van der Waals surface area contributed by atoms with Crippen LogP contribution in [0.3, 0.4) is 0 Å². The summed E-state index contributed by atoms with van der Waals surface area (Å²) in [5.74, 6) is 0.946. The molecule has 5 nitrogen and oxygen atoms in total. The van der Waals surface area contributed by atoms with Crippen molar-refractivity contribution >= 4 is 15.7 Å². The quantitative estimate of drug-likeness (QED) is 0.866. The van der Waals surface area contributed by atoms with Gasteiger partial charge in [0.1, 0.15) is 0 Å². The largest absolute Gasteiger partial charge is 0.393 e. The number of aliphatic hydroxyl groups excluding tert-OH is 1. The minimum Gasteiger partial charge on any atom is -0.393 e. The molecule has 0 bridgehead atoms. The molecule has 1 aliphatic heterocycles. The number of anilines is 1. The van der Waals surface area contributed by atoms with Crippen LogP contribution >= 0.6 is 0 Å².